The van der Waals surface area contributed by atoms with Gasteiger partial charge in [-0.05, 0) is 43.5 Å². The van der Waals surface area contributed by atoms with E-state index in [2.05, 4.69) is 0 Å². The molecule has 0 saturated heterocycles. The Hall–Kier alpha value is -3.32. The number of nitrogens with zero attached hydrogens (tertiary/aromatic N) is 2. The van der Waals surface area contributed by atoms with Gasteiger partial charge in [-0.25, -0.2) is 9.78 Å². The second-order valence-corrected chi connectivity index (χ2v) is 8.33. The molecule has 2 aliphatic heterocycles. The molecule has 0 saturated carbocycles. The van der Waals surface area contributed by atoms with Crippen molar-refractivity contribution in [2.24, 2.45) is 0 Å². The Labute approximate surface area is 178 Å². The summed E-state index contributed by atoms with van der Waals surface area (Å²) in [5.74, 6) is -0.589. The lowest BCUT2D eigenvalue weighted by Gasteiger charge is -2.31. The Balaban J connectivity index is 1.67. The fourth-order valence-electron chi connectivity index (χ4n) is 4.50. The van der Waals surface area contributed by atoms with Crippen molar-refractivity contribution in [3.8, 4) is 11.4 Å². The van der Waals surface area contributed by atoms with Gasteiger partial charge in [0.15, 0.2) is 5.60 Å². The van der Waals surface area contributed by atoms with Gasteiger partial charge in [-0.15, -0.1) is 0 Å². The summed E-state index contributed by atoms with van der Waals surface area (Å²) in [6.45, 7) is 3.50. The van der Waals surface area contributed by atoms with Gasteiger partial charge in [0, 0.05) is 22.9 Å². The Morgan fingerprint density at radius 1 is 1.26 bits per heavy atom. The smallest absolute Gasteiger partial charge is 0.343 e. The number of ketones is 1. The fourth-order valence-corrected chi connectivity index (χ4v) is 4.50. The lowest BCUT2D eigenvalue weighted by molar-refractivity contribution is -0.172. The molecule has 158 valence electrons. The van der Waals surface area contributed by atoms with Crippen LogP contribution in [-0.2, 0) is 39.5 Å². The minimum Gasteiger partial charge on any atom is -0.458 e. The largest absolute Gasteiger partial charge is 0.458 e. The standard InChI is InChI=1S/C24H22N2O5/c1-3-24(30)18-10-20-21-16(11-26(20)22(28)17(18)12-31-23(24)29)9-15-7-6-14(5-4-13(2)27)8-19(15)25-21/h6-10,30H,3-5,11-12H2,1-2H3/t24-/m0/s1. The number of hydrogen-bond donors (Lipinski definition) is 1. The van der Waals surface area contributed by atoms with Crippen molar-refractivity contribution in [3.05, 3.63) is 62.9 Å². The summed E-state index contributed by atoms with van der Waals surface area (Å²) in [7, 11) is 0. The van der Waals surface area contributed by atoms with Gasteiger partial charge in [0.05, 0.1) is 29.0 Å². The quantitative estimate of drug-likeness (QED) is 0.512. The van der Waals surface area contributed by atoms with Crippen molar-refractivity contribution in [1.29, 1.82) is 0 Å². The summed E-state index contributed by atoms with van der Waals surface area (Å²) in [6, 6.07) is 9.68. The number of Topliss-reactive ketones (excluding diaryl/α,β-unsaturated/α-hetero) is 1. The van der Waals surface area contributed by atoms with Gasteiger partial charge in [-0.2, -0.15) is 0 Å². The third-order valence-electron chi connectivity index (χ3n) is 6.34. The van der Waals surface area contributed by atoms with Gasteiger partial charge < -0.3 is 19.2 Å². The molecule has 7 nitrogen and oxygen atoms in total. The van der Waals surface area contributed by atoms with Gasteiger partial charge in [-0.1, -0.05) is 19.1 Å². The molecule has 0 amide bonds. The number of benzene rings is 1. The SMILES string of the molecule is CC[C@@]1(O)C(=O)OCc2c1cc1n(c2=O)Cc2cc3ccc(CCC(C)=O)cc3nc2-1. The van der Waals surface area contributed by atoms with Crippen LogP contribution in [0.1, 0.15) is 48.9 Å². The second kappa shape index (κ2) is 6.85. The second-order valence-electron chi connectivity index (χ2n) is 8.33. The molecule has 2 aromatic heterocycles. The molecule has 1 atom stereocenters. The molecular weight excluding hydrogens is 396 g/mol. The molecule has 7 heteroatoms. The maximum atomic E-state index is 13.2. The molecular formula is C24H22N2O5. The van der Waals surface area contributed by atoms with E-state index < -0.39 is 11.6 Å². The molecule has 4 heterocycles. The number of aliphatic hydroxyl groups is 1. The molecule has 1 N–H and O–H groups in total. The van der Waals surface area contributed by atoms with E-state index in [-0.39, 0.29) is 24.4 Å². The Bertz CT molecular complexity index is 1340. The van der Waals surface area contributed by atoms with Crippen molar-refractivity contribution in [2.75, 3.05) is 0 Å². The van der Waals surface area contributed by atoms with Gasteiger partial charge in [-0.3, -0.25) is 4.79 Å². The summed E-state index contributed by atoms with van der Waals surface area (Å²) in [6.07, 6.45) is 1.24. The van der Waals surface area contributed by atoms with Crippen LogP contribution in [-0.4, -0.2) is 26.4 Å². The highest BCUT2D eigenvalue weighted by Gasteiger charge is 2.45. The minimum atomic E-state index is -1.83. The fraction of sp³-hybridized carbons (Fsp3) is 0.333. The number of fused-ring (bicyclic) bond motifs is 5. The highest BCUT2D eigenvalue weighted by molar-refractivity contribution is 5.86. The third kappa shape index (κ3) is 2.91. The summed E-state index contributed by atoms with van der Waals surface area (Å²) >= 11 is 0. The number of aromatic nitrogens is 2. The first-order valence-corrected chi connectivity index (χ1v) is 10.4. The molecule has 0 aliphatic carbocycles. The first kappa shape index (κ1) is 19.6. The van der Waals surface area contributed by atoms with Gasteiger partial charge >= 0.3 is 5.97 Å². The number of rotatable bonds is 4. The van der Waals surface area contributed by atoms with Crippen molar-refractivity contribution >= 4 is 22.7 Å². The van der Waals surface area contributed by atoms with Gasteiger partial charge in [0.2, 0.25) is 0 Å². The number of aryl methyl sites for hydroxylation is 1. The van der Waals surface area contributed by atoms with Gasteiger partial charge in [0.25, 0.3) is 5.56 Å². The molecule has 0 radical (unpaired) electrons. The molecule has 0 bridgehead atoms. The maximum absolute atomic E-state index is 13.2. The van der Waals surface area contributed by atoms with Crippen molar-refractivity contribution in [3.63, 3.8) is 0 Å². The Morgan fingerprint density at radius 2 is 2.06 bits per heavy atom. The molecule has 0 fully saturated rings. The summed E-state index contributed by atoms with van der Waals surface area (Å²) < 4.78 is 6.73. The van der Waals surface area contributed by atoms with Crippen LogP contribution in [0.3, 0.4) is 0 Å². The highest BCUT2D eigenvalue weighted by Crippen LogP contribution is 2.38. The molecule has 3 aromatic rings. The number of carbonyl (C=O) groups is 2. The van der Waals surface area contributed by atoms with Crippen molar-refractivity contribution in [1.82, 2.24) is 9.55 Å². The zero-order valence-corrected chi connectivity index (χ0v) is 17.4. The molecule has 2 aliphatic rings. The van der Waals surface area contributed by atoms with E-state index in [1.54, 1.807) is 24.5 Å². The number of carbonyl (C=O) groups excluding carboxylic acids is 2. The van der Waals surface area contributed by atoms with Crippen molar-refractivity contribution in [2.45, 2.75) is 51.9 Å². The van der Waals surface area contributed by atoms with Crippen LogP contribution in [0.2, 0.25) is 0 Å². The van der Waals surface area contributed by atoms with E-state index in [1.807, 2.05) is 24.3 Å². The lowest BCUT2D eigenvalue weighted by Crippen LogP contribution is -2.44. The molecule has 31 heavy (non-hydrogen) atoms. The van der Waals surface area contributed by atoms with Crippen LogP contribution < -0.4 is 5.56 Å². The van der Waals surface area contributed by atoms with E-state index >= 15 is 0 Å². The van der Waals surface area contributed by atoms with E-state index in [4.69, 9.17) is 9.72 Å². The van der Waals surface area contributed by atoms with Crippen LogP contribution in [0.4, 0.5) is 0 Å². The molecule has 0 spiro atoms. The Morgan fingerprint density at radius 3 is 2.81 bits per heavy atom. The number of hydrogen-bond acceptors (Lipinski definition) is 6. The predicted molar refractivity (Wildman–Crippen MR) is 114 cm³/mol. The summed E-state index contributed by atoms with van der Waals surface area (Å²) in [4.78, 5) is 41.6. The Kier molecular flexibility index (Phi) is 4.34. The van der Waals surface area contributed by atoms with Crippen LogP contribution in [0, 0.1) is 0 Å². The van der Waals surface area contributed by atoms with Crippen LogP contribution in [0.5, 0.6) is 0 Å². The average molecular weight is 418 g/mol. The highest BCUT2D eigenvalue weighted by atomic mass is 16.6. The number of ether oxygens (including phenoxy) is 1. The number of cyclic esters (lactones) is 1. The van der Waals surface area contributed by atoms with Crippen LogP contribution in [0.25, 0.3) is 22.3 Å². The summed E-state index contributed by atoms with van der Waals surface area (Å²) in [5.41, 5.74) is 2.52. The molecule has 0 unspecified atom stereocenters. The van der Waals surface area contributed by atoms with Crippen LogP contribution in [0.15, 0.2) is 35.1 Å². The predicted octanol–water partition coefficient (Wildman–Crippen LogP) is 2.60. The number of esters is 1. The van der Waals surface area contributed by atoms with E-state index in [1.165, 1.54) is 0 Å². The van der Waals surface area contributed by atoms with E-state index in [0.29, 0.717) is 41.9 Å². The van der Waals surface area contributed by atoms with E-state index in [9.17, 15) is 19.5 Å². The maximum Gasteiger partial charge on any atom is 0.343 e. The molecule has 1 aromatic carbocycles. The van der Waals surface area contributed by atoms with Gasteiger partial charge in [0.1, 0.15) is 12.4 Å². The average Bonchev–Trinajstić information content (AvgIpc) is 3.11. The topological polar surface area (TPSA) is 98.5 Å². The monoisotopic (exact) mass is 418 g/mol. The zero-order chi connectivity index (χ0) is 21.9. The first-order chi connectivity index (χ1) is 14.8. The normalized spacial score (nSPS) is 19.0. The third-order valence-corrected chi connectivity index (χ3v) is 6.34. The zero-order valence-electron chi connectivity index (χ0n) is 17.4. The molecule has 5 rings (SSSR count). The number of pyridine rings is 2. The van der Waals surface area contributed by atoms with Crippen LogP contribution >= 0.6 is 0 Å². The first-order valence-electron chi connectivity index (χ1n) is 10.4. The van der Waals surface area contributed by atoms with E-state index in [0.717, 1.165) is 22.0 Å². The van der Waals surface area contributed by atoms with Crippen molar-refractivity contribution < 1.29 is 19.4 Å². The minimum absolute atomic E-state index is 0.110. The summed E-state index contributed by atoms with van der Waals surface area (Å²) in [5, 5.41) is 11.9. The lowest BCUT2D eigenvalue weighted by atomic mass is 9.86.